The van der Waals surface area contributed by atoms with Crippen molar-refractivity contribution in [3.8, 4) is 11.5 Å². The number of carbonyl (C=O) groups is 2. The molecule has 0 atom stereocenters. The average Bonchev–Trinajstić information content (AvgIpc) is 2.84. The van der Waals surface area contributed by atoms with Gasteiger partial charge in [0.1, 0.15) is 11.4 Å². The number of benzene rings is 2. The van der Waals surface area contributed by atoms with Crippen LogP contribution in [0, 0.1) is 5.82 Å². The minimum atomic E-state index is -0.563. The van der Waals surface area contributed by atoms with E-state index >= 15 is 0 Å². The molecule has 1 heterocycles. The fourth-order valence-electron chi connectivity index (χ4n) is 3.27. The van der Waals surface area contributed by atoms with Crippen LogP contribution in [0.2, 0.25) is 0 Å². The third kappa shape index (κ3) is 5.72. The Kier molecular flexibility index (Phi) is 6.29. The summed E-state index contributed by atoms with van der Waals surface area (Å²) in [6.45, 7) is 8.04. The first kappa shape index (κ1) is 21.6. The SMILES string of the molecule is CC(=O)Nc1ccc(Oc2ccc3c(c2)CCN(C(=O)OC(C)(C)C)CC3)c(F)c1. The molecule has 3 rings (SSSR count). The van der Waals surface area contributed by atoms with E-state index in [0.29, 0.717) is 37.4 Å². The molecule has 2 aromatic rings. The maximum Gasteiger partial charge on any atom is 0.410 e. The standard InChI is InChI=1S/C23H27FN2O4/c1-15(27)25-18-6-8-21(20(24)14-18)29-19-7-5-16-9-11-26(12-10-17(16)13-19)22(28)30-23(2,3)4/h5-8,13-14H,9-12H2,1-4H3,(H,25,27). The molecule has 7 heteroatoms. The molecule has 0 unspecified atom stereocenters. The number of fused-ring (bicyclic) bond motifs is 1. The van der Waals surface area contributed by atoms with Gasteiger partial charge in [0.25, 0.3) is 0 Å². The number of halogens is 1. The second kappa shape index (κ2) is 8.73. The van der Waals surface area contributed by atoms with Gasteiger partial charge in [-0.2, -0.15) is 0 Å². The molecule has 1 aliphatic heterocycles. The number of amides is 2. The van der Waals surface area contributed by atoms with E-state index < -0.39 is 11.4 Å². The number of carbonyl (C=O) groups excluding carboxylic acids is 2. The lowest BCUT2D eigenvalue weighted by Crippen LogP contribution is -2.38. The Morgan fingerprint density at radius 2 is 1.73 bits per heavy atom. The molecule has 0 bridgehead atoms. The van der Waals surface area contributed by atoms with Gasteiger partial charge in [-0.15, -0.1) is 0 Å². The van der Waals surface area contributed by atoms with Gasteiger partial charge in [0, 0.05) is 31.8 Å². The van der Waals surface area contributed by atoms with E-state index in [2.05, 4.69) is 5.32 Å². The molecule has 0 saturated carbocycles. The van der Waals surface area contributed by atoms with E-state index in [-0.39, 0.29) is 17.7 Å². The van der Waals surface area contributed by atoms with Crippen molar-refractivity contribution >= 4 is 17.7 Å². The lowest BCUT2D eigenvalue weighted by atomic mass is 10.0. The third-order valence-corrected chi connectivity index (χ3v) is 4.61. The predicted octanol–water partition coefficient (Wildman–Crippen LogP) is 4.91. The average molecular weight is 414 g/mol. The number of hydrogen-bond acceptors (Lipinski definition) is 4. The van der Waals surface area contributed by atoms with E-state index in [1.807, 2.05) is 32.9 Å². The van der Waals surface area contributed by atoms with Crippen molar-refractivity contribution in [3.63, 3.8) is 0 Å². The summed E-state index contributed by atoms with van der Waals surface area (Å²) in [5.74, 6) is -0.236. The number of hydrogen-bond donors (Lipinski definition) is 1. The second-order valence-corrected chi connectivity index (χ2v) is 8.33. The first-order chi connectivity index (χ1) is 14.1. The minimum absolute atomic E-state index is 0.0769. The fourth-order valence-corrected chi connectivity index (χ4v) is 3.27. The molecule has 0 aromatic heterocycles. The van der Waals surface area contributed by atoms with E-state index in [9.17, 15) is 14.0 Å². The van der Waals surface area contributed by atoms with Gasteiger partial charge in [-0.1, -0.05) is 6.07 Å². The molecule has 30 heavy (non-hydrogen) atoms. The lowest BCUT2D eigenvalue weighted by Gasteiger charge is -2.26. The summed E-state index contributed by atoms with van der Waals surface area (Å²) in [5.41, 5.74) is 2.04. The molecule has 1 aliphatic rings. The van der Waals surface area contributed by atoms with Crippen LogP contribution in [0.1, 0.15) is 38.8 Å². The summed E-state index contributed by atoms with van der Waals surface area (Å²) in [4.78, 5) is 25.2. The smallest absolute Gasteiger partial charge is 0.410 e. The van der Waals surface area contributed by atoms with Crippen molar-refractivity contribution < 1.29 is 23.5 Å². The molecule has 1 N–H and O–H groups in total. The van der Waals surface area contributed by atoms with Crippen LogP contribution in [0.3, 0.4) is 0 Å². The molecule has 0 spiro atoms. The number of anilines is 1. The Hall–Kier alpha value is -3.09. The normalized spacial score (nSPS) is 13.8. The Morgan fingerprint density at radius 3 is 2.37 bits per heavy atom. The molecule has 2 amide bonds. The summed E-state index contributed by atoms with van der Waals surface area (Å²) in [7, 11) is 0. The van der Waals surface area contributed by atoms with Crippen LogP contribution in [0.15, 0.2) is 36.4 Å². The van der Waals surface area contributed by atoms with Crippen LogP contribution in [0.4, 0.5) is 14.9 Å². The van der Waals surface area contributed by atoms with Crippen LogP contribution in [0.5, 0.6) is 11.5 Å². The highest BCUT2D eigenvalue weighted by atomic mass is 19.1. The Labute approximate surface area is 176 Å². The summed E-state index contributed by atoms with van der Waals surface area (Å²) < 4.78 is 25.5. The van der Waals surface area contributed by atoms with E-state index in [4.69, 9.17) is 9.47 Å². The van der Waals surface area contributed by atoms with Gasteiger partial charge < -0.3 is 19.7 Å². The quantitative estimate of drug-likeness (QED) is 0.775. The van der Waals surface area contributed by atoms with Crippen molar-refractivity contribution in [2.45, 2.75) is 46.1 Å². The Morgan fingerprint density at radius 1 is 1.03 bits per heavy atom. The van der Waals surface area contributed by atoms with Gasteiger partial charge in [-0.25, -0.2) is 9.18 Å². The van der Waals surface area contributed by atoms with Gasteiger partial charge in [0.05, 0.1) is 0 Å². The van der Waals surface area contributed by atoms with Crippen LogP contribution < -0.4 is 10.1 Å². The van der Waals surface area contributed by atoms with Crippen LogP contribution >= 0.6 is 0 Å². The predicted molar refractivity (Wildman–Crippen MR) is 112 cm³/mol. The molecule has 0 aliphatic carbocycles. The zero-order chi connectivity index (χ0) is 21.9. The van der Waals surface area contributed by atoms with E-state index in [0.717, 1.165) is 11.1 Å². The van der Waals surface area contributed by atoms with Crippen LogP contribution in [0.25, 0.3) is 0 Å². The zero-order valence-electron chi connectivity index (χ0n) is 17.8. The molecular formula is C23H27FN2O4. The van der Waals surface area contributed by atoms with Gasteiger partial charge in [-0.3, -0.25) is 4.79 Å². The molecule has 160 valence electrons. The zero-order valence-corrected chi connectivity index (χ0v) is 17.8. The maximum atomic E-state index is 14.3. The van der Waals surface area contributed by atoms with Gasteiger partial charge in [0.2, 0.25) is 5.91 Å². The molecule has 2 aromatic carbocycles. The second-order valence-electron chi connectivity index (χ2n) is 8.33. The van der Waals surface area contributed by atoms with Crippen molar-refractivity contribution in [2.24, 2.45) is 0 Å². The molecule has 0 fully saturated rings. The minimum Gasteiger partial charge on any atom is -0.454 e. The Bertz CT molecular complexity index is 953. The molecule has 0 saturated heterocycles. The largest absolute Gasteiger partial charge is 0.454 e. The fraction of sp³-hybridized carbons (Fsp3) is 0.391. The molecular weight excluding hydrogens is 387 g/mol. The number of ether oxygens (including phenoxy) is 2. The highest BCUT2D eigenvalue weighted by Crippen LogP contribution is 2.29. The number of nitrogens with one attached hydrogen (secondary N) is 1. The van der Waals surface area contributed by atoms with Crippen molar-refractivity contribution in [3.05, 3.63) is 53.3 Å². The van der Waals surface area contributed by atoms with Gasteiger partial charge in [0.15, 0.2) is 11.6 Å². The highest BCUT2D eigenvalue weighted by Gasteiger charge is 2.24. The van der Waals surface area contributed by atoms with Crippen LogP contribution in [-0.2, 0) is 22.4 Å². The first-order valence-electron chi connectivity index (χ1n) is 9.95. The van der Waals surface area contributed by atoms with Crippen molar-refractivity contribution in [2.75, 3.05) is 18.4 Å². The highest BCUT2D eigenvalue weighted by molar-refractivity contribution is 5.88. The van der Waals surface area contributed by atoms with Gasteiger partial charge >= 0.3 is 6.09 Å². The number of rotatable bonds is 3. The van der Waals surface area contributed by atoms with Gasteiger partial charge in [-0.05, 0) is 69.0 Å². The summed E-state index contributed by atoms with van der Waals surface area (Å²) in [6.07, 6.45) is 1.07. The van der Waals surface area contributed by atoms with E-state index in [1.165, 1.54) is 19.1 Å². The lowest BCUT2D eigenvalue weighted by molar-refractivity contribution is -0.114. The van der Waals surface area contributed by atoms with Crippen LogP contribution in [-0.4, -0.2) is 35.6 Å². The monoisotopic (exact) mass is 414 g/mol. The first-order valence-corrected chi connectivity index (χ1v) is 9.95. The summed E-state index contributed by atoms with van der Waals surface area (Å²) in [5, 5.41) is 2.53. The molecule has 6 nitrogen and oxygen atoms in total. The summed E-state index contributed by atoms with van der Waals surface area (Å²) in [6, 6.07) is 9.92. The van der Waals surface area contributed by atoms with E-state index in [1.54, 1.807) is 17.0 Å². The van der Waals surface area contributed by atoms with Crippen molar-refractivity contribution in [1.82, 2.24) is 4.90 Å². The summed E-state index contributed by atoms with van der Waals surface area (Å²) >= 11 is 0. The topological polar surface area (TPSA) is 67.9 Å². The van der Waals surface area contributed by atoms with Crippen molar-refractivity contribution in [1.29, 1.82) is 0 Å². The number of nitrogens with zero attached hydrogens (tertiary/aromatic N) is 1. The maximum absolute atomic E-state index is 14.3. The Balaban J connectivity index is 1.69. The molecule has 0 radical (unpaired) electrons. The third-order valence-electron chi connectivity index (χ3n) is 4.61.